The average molecular weight is 353 g/mol. The molecule has 0 N–H and O–H groups in total. The first-order valence-corrected chi connectivity index (χ1v) is 8.66. The number of rotatable bonds is 2. The molecule has 0 unspecified atom stereocenters. The second kappa shape index (κ2) is 5.48. The third kappa shape index (κ3) is 2.04. The van der Waals surface area contributed by atoms with Gasteiger partial charge in [-0.25, -0.2) is 4.98 Å². The lowest BCUT2D eigenvalue weighted by atomic mass is 10.1. The smallest absolute Gasteiger partial charge is 0.279 e. The molecule has 3 heterocycles. The molecule has 0 radical (unpaired) electrons. The SMILES string of the molecule is Cc1c2c(-c3nc(C4CCCC4)no3)ncn2c2cccc(F)c2[n+]1[O-]. The second-order valence-corrected chi connectivity index (χ2v) is 6.74. The van der Waals surface area contributed by atoms with Gasteiger partial charge < -0.3 is 9.73 Å². The van der Waals surface area contributed by atoms with Crippen molar-refractivity contribution in [1.82, 2.24) is 19.5 Å². The highest BCUT2D eigenvalue weighted by Gasteiger charge is 2.27. The first kappa shape index (κ1) is 15.2. The van der Waals surface area contributed by atoms with Gasteiger partial charge in [-0.3, -0.25) is 4.40 Å². The van der Waals surface area contributed by atoms with Crippen LogP contribution in [0.25, 0.3) is 28.1 Å². The molecule has 0 amide bonds. The first-order chi connectivity index (χ1) is 12.6. The Morgan fingerprint density at radius 1 is 1.31 bits per heavy atom. The molecule has 1 saturated carbocycles. The molecule has 5 rings (SSSR count). The van der Waals surface area contributed by atoms with E-state index in [9.17, 15) is 9.60 Å². The van der Waals surface area contributed by atoms with Crippen molar-refractivity contribution in [2.75, 3.05) is 0 Å². The Balaban J connectivity index is 1.74. The summed E-state index contributed by atoms with van der Waals surface area (Å²) >= 11 is 0. The minimum Gasteiger partial charge on any atom is -0.618 e. The van der Waals surface area contributed by atoms with Crippen molar-refractivity contribution in [2.24, 2.45) is 0 Å². The summed E-state index contributed by atoms with van der Waals surface area (Å²) in [6.07, 6.45) is 6.03. The minimum absolute atomic E-state index is 0.0152. The summed E-state index contributed by atoms with van der Waals surface area (Å²) in [6.45, 7) is 1.63. The molecular weight excluding hydrogens is 337 g/mol. The first-order valence-electron chi connectivity index (χ1n) is 8.66. The van der Waals surface area contributed by atoms with Crippen LogP contribution in [-0.4, -0.2) is 19.5 Å². The fourth-order valence-electron chi connectivity index (χ4n) is 3.88. The molecule has 1 fully saturated rings. The van der Waals surface area contributed by atoms with Crippen LogP contribution in [0.4, 0.5) is 4.39 Å². The van der Waals surface area contributed by atoms with Crippen LogP contribution >= 0.6 is 0 Å². The third-order valence-corrected chi connectivity index (χ3v) is 5.21. The van der Waals surface area contributed by atoms with E-state index in [1.807, 2.05) is 0 Å². The second-order valence-electron chi connectivity index (χ2n) is 6.74. The van der Waals surface area contributed by atoms with Crippen molar-refractivity contribution in [3.63, 3.8) is 0 Å². The van der Waals surface area contributed by atoms with E-state index in [2.05, 4.69) is 15.1 Å². The van der Waals surface area contributed by atoms with Gasteiger partial charge in [-0.05, 0) is 25.0 Å². The molecule has 0 atom stereocenters. The molecule has 1 aromatic carbocycles. The molecule has 0 bridgehead atoms. The van der Waals surface area contributed by atoms with Gasteiger partial charge in [0.15, 0.2) is 17.3 Å². The monoisotopic (exact) mass is 353 g/mol. The average Bonchev–Trinajstić information content (AvgIpc) is 3.38. The lowest BCUT2D eigenvalue weighted by Gasteiger charge is -2.08. The summed E-state index contributed by atoms with van der Waals surface area (Å²) < 4.78 is 21.9. The number of aromatic nitrogens is 5. The van der Waals surface area contributed by atoms with Gasteiger partial charge >= 0.3 is 0 Å². The van der Waals surface area contributed by atoms with E-state index in [1.54, 1.807) is 29.8 Å². The van der Waals surface area contributed by atoms with Crippen LogP contribution in [-0.2, 0) is 0 Å². The number of fused-ring (bicyclic) bond motifs is 3. The Hall–Kier alpha value is -3.03. The van der Waals surface area contributed by atoms with Gasteiger partial charge in [-0.15, -0.1) is 0 Å². The fraction of sp³-hybridized carbons (Fsp3) is 0.333. The molecule has 7 nitrogen and oxygen atoms in total. The summed E-state index contributed by atoms with van der Waals surface area (Å²) in [5.41, 5.74) is 1.74. The predicted octanol–water partition coefficient (Wildman–Crippen LogP) is 3.28. The molecular formula is C18H16FN5O2. The number of hydrogen-bond acceptors (Lipinski definition) is 5. The molecule has 1 aliphatic carbocycles. The summed E-state index contributed by atoms with van der Waals surface area (Å²) in [6, 6.07) is 4.52. The normalized spacial score (nSPS) is 15.5. The van der Waals surface area contributed by atoms with Crippen molar-refractivity contribution in [3.05, 3.63) is 47.1 Å². The van der Waals surface area contributed by atoms with E-state index in [-0.39, 0.29) is 11.4 Å². The lowest BCUT2D eigenvalue weighted by Crippen LogP contribution is -2.33. The van der Waals surface area contributed by atoms with Crippen LogP contribution in [0.1, 0.15) is 43.1 Å². The highest BCUT2D eigenvalue weighted by Crippen LogP contribution is 2.34. The van der Waals surface area contributed by atoms with Gasteiger partial charge in [0.05, 0.1) is 0 Å². The fourth-order valence-corrected chi connectivity index (χ4v) is 3.88. The van der Waals surface area contributed by atoms with Crippen molar-refractivity contribution >= 4 is 16.6 Å². The largest absolute Gasteiger partial charge is 0.618 e. The van der Waals surface area contributed by atoms with Crippen molar-refractivity contribution in [3.8, 4) is 11.6 Å². The third-order valence-electron chi connectivity index (χ3n) is 5.21. The van der Waals surface area contributed by atoms with Gasteiger partial charge in [0.1, 0.15) is 17.4 Å². The molecule has 0 aliphatic heterocycles. The van der Waals surface area contributed by atoms with Gasteiger partial charge in [-0.2, -0.15) is 14.1 Å². The maximum atomic E-state index is 14.2. The van der Waals surface area contributed by atoms with E-state index in [0.717, 1.165) is 12.8 Å². The van der Waals surface area contributed by atoms with E-state index >= 15 is 0 Å². The zero-order valence-electron chi connectivity index (χ0n) is 14.1. The maximum absolute atomic E-state index is 14.2. The highest BCUT2D eigenvalue weighted by atomic mass is 19.1. The van der Waals surface area contributed by atoms with E-state index in [0.29, 0.717) is 38.9 Å². The number of hydrogen-bond donors (Lipinski definition) is 0. The van der Waals surface area contributed by atoms with Crippen LogP contribution in [0, 0.1) is 17.9 Å². The van der Waals surface area contributed by atoms with Gasteiger partial charge in [0.25, 0.3) is 11.4 Å². The van der Waals surface area contributed by atoms with Gasteiger partial charge in [0, 0.05) is 12.8 Å². The standard InChI is InChI=1S/C18H16FN5O2/c1-10-15-14(18-21-17(22-26-18)11-5-2-3-6-11)20-9-23(15)13-8-4-7-12(19)16(13)24(10)25/h4,7-9,11H,2-3,5-6H2,1H3. The number of benzene rings is 1. The number of para-hydroxylation sites is 1. The molecule has 0 spiro atoms. The Bertz CT molecular complexity index is 1140. The van der Waals surface area contributed by atoms with Gasteiger partial charge in [0.2, 0.25) is 5.69 Å². The molecule has 4 aromatic rings. The van der Waals surface area contributed by atoms with Crippen LogP contribution in [0.5, 0.6) is 0 Å². The molecule has 8 heteroatoms. The summed E-state index contributed by atoms with van der Waals surface area (Å²) in [7, 11) is 0. The topological polar surface area (TPSA) is 83.2 Å². The van der Waals surface area contributed by atoms with Crippen LogP contribution in [0.2, 0.25) is 0 Å². The summed E-state index contributed by atoms with van der Waals surface area (Å²) in [5, 5.41) is 16.7. The number of halogens is 1. The Morgan fingerprint density at radius 3 is 2.92 bits per heavy atom. The Labute approximate surface area is 147 Å². The van der Waals surface area contributed by atoms with Gasteiger partial charge in [-0.1, -0.05) is 24.1 Å². The molecule has 3 aromatic heterocycles. The number of aryl methyl sites for hydroxylation is 1. The van der Waals surface area contributed by atoms with Crippen molar-refractivity contribution < 1.29 is 13.6 Å². The molecule has 0 saturated heterocycles. The molecule has 1 aliphatic rings. The molecule has 132 valence electrons. The zero-order valence-corrected chi connectivity index (χ0v) is 14.1. The highest BCUT2D eigenvalue weighted by molar-refractivity contribution is 5.82. The van der Waals surface area contributed by atoms with Crippen molar-refractivity contribution in [2.45, 2.75) is 38.5 Å². The molecule has 26 heavy (non-hydrogen) atoms. The minimum atomic E-state index is -0.570. The van der Waals surface area contributed by atoms with Crippen LogP contribution in [0.15, 0.2) is 29.0 Å². The Kier molecular flexibility index (Phi) is 3.22. The van der Waals surface area contributed by atoms with E-state index in [4.69, 9.17) is 4.52 Å². The van der Waals surface area contributed by atoms with Crippen molar-refractivity contribution in [1.29, 1.82) is 0 Å². The predicted molar refractivity (Wildman–Crippen MR) is 90.9 cm³/mol. The van der Waals surface area contributed by atoms with Crippen LogP contribution in [0.3, 0.4) is 0 Å². The number of imidazole rings is 1. The quantitative estimate of drug-likeness (QED) is 0.408. The van der Waals surface area contributed by atoms with E-state index < -0.39 is 5.82 Å². The van der Waals surface area contributed by atoms with E-state index in [1.165, 1.54) is 18.9 Å². The number of nitrogens with zero attached hydrogens (tertiary/aromatic N) is 5. The summed E-state index contributed by atoms with van der Waals surface area (Å²) in [4.78, 5) is 8.89. The maximum Gasteiger partial charge on any atom is 0.279 e. The summed E-state index contributed by atoms with van der Waals surface area (Å²) in [5.74, 6) is 0.729. The lowest BCUT2D eigenvalue weighted by molar-refractivity contribution is -0.584. The van der Waals surface area contributed by atoms with Crippen LogP contribution < -0.4 is 4.73 Å². The zero-order chi connectivity index (χ0) is 17.8. The Morgan fingerprint density at radius 2 is 2.12 bits per heavy atom.